The Labute approximate surface area is 278 Å². The summed E-state index contributed by atoms with van der Waals surface area (Å²) in [5.74, 6) is -2.91. The maximum absolute atomic E-state index is 14.0. The first-order chi connectivity index (χ1) is 23.4. The van der Waals surface area contributed by atoms with Gasteiger partial charge in [-0.05, 0) is 42.3 Å². The summed E-state index contributed by atoms with van der Waals surface area (Å²) in [5.41, 5.74) is 7.34. The first-order valence-corrected chi connectivity index (χ1v) is 14.5. The fourth-order valence-electron chi connectivity index (χ4n) is 4.47. The topological polar surface area (TPSA) is 241 Å². The molecule has 1 atom stereocenters. The Morgan fingerprint density at radius 1 is 1.04 bits per heavy atom. The van der Waals surface area contributed by atoms with E-state index < -0.39 is 42.9 Å². The zero-order valence-electron chi connectivity index (χ0n) is 26.5. The summed E-state index contributed by atoms with van der Waals surface area (Å²) in [6, 6.07) is 8.98. The second-order valence-corrected chi connectivity index (χ2v) is 10.5. The van der Waals surface area contributed by atoms with Gasteiger partial charge in [-0.3, -0.25) is 14.9 Å². The van der Waals surface area contributed by atoms with Crippen LogP contribution in [-0.4, -0.2) is 88.4 Å². The van der Waals surface area contributed by atoms with Crippen LogP contribution in [0.3, 0.4) is 0 Å². The van der Waals surface area contributed by atoms with Gasteiger partial charge in [0.05, 0.1) is 32.7 Å². The number of hydrogen-bond donors (Lipinski definition) is 5. The molecule has 2 aromatic heterocycles. The number of halogens is 1. The lowest BCUT2D eigenvalue weighted by Crippen LogP contribution is -2.41. The van der Waals surface area contributed by atoms with E-state index in [1.807, 2.05) is 4.90 Å². The second-order valence-electron chi connectivity index (χ2n) is 10.5. The molecule has 1 unspecified atom stereocenters. The third-order valence-corrected chi connectivity index (χ3v) is 7.03. The molecule has 0 saturated heterocycles. The number of aromatic nitrogens is 4. The molecule has 0 radical (unpaired) electrons. The largest absolute Gasteiger partial charge is 0.491 e. The van der Waals surface area contributed by atoms with Crippen molar-refractivity contribution in [2.75, 3.05) is 37.2 Å². The van der Waals surface area contributed by atoms with Crippen LogP contribution in [0.4, 0.5) is 26.6 Å². The zero-order chi connectivity index (χ0) is 35.7. The van der Waals surface area contributed by atoms with Crippen molar-refractivity contribution in [1.82, 2.24) is 25.3 Å². The van der Waals surface area contributed by atoms with Crippen molar-refractivity contribution in [1.29, 1.82) is 0 Å². The summed E-state index contributed by atoms with van der Waals surface area (Å²) in [5, 5.41) is 23.3. The van der Waals surface area contributed by atoms with Crippen molar-refractivity contribution < 1.29 is 47.8 Å². The van der Waals surface area contributed by atoms with Gasteiger partial charge in [0.25, 0.3) is 5.91 Å². The lowest BCUT2D eigenvalue weighted by Gasteiger charge is -2.20. The minimum absolute atomic E-state index is 0.00290. The number of benzene rings is 2. The van der Waals surface area contributed by atoms with E-state index >= 15 is 0 Å². The maximum Gasteiger partial charge on any atom is 0.491 e. The van der Waals surface area contributed by atoms with Crippen LogP contribution in [0.2, 0.25) is 0 Å². The first kappa shape index (κ1) is 35.9. The molecule has 0 aliphatic rings. The van der Waals surface area contributed by atoms with Crippen molar-refractivity contribution >= 4 is 65.1 Å². The Balaban J connectivity index is 1.42. The van der Waals surface area contributed by atoms with Gasteiger partial charge in [-0.15, -0.1) is 0 Å². The van der Waals surface area contributed by atoms with E-state index in [4.69, 9.17) is 25.3 Å². The zero-order valence-corrected chi connectivity index (χ0v) is 26.5. The molecule has 4 aromatic rings. The minimum atomic E-state index is -1.99. The van der Waals surface area contributed by atoms with E-state index in [1.165, 1.54) is 26.5 Å². The van der Waals surface area contributed by atoms with E-state index in [-0.39, 0.29) is 65.5 Å². The molecule has 2 aromatic carbocycles. The number of carbonyl (C=O) groups is 4. The van der Waals surface area contributed by atoms with Gasteiger partial charge in [-0.1, -0.05) is 12.1 Å². The van der Waals surface area contributed by atoms with Crippen LogP contribution in [0.25, 0.3) is 11.2 Å². The van der Waals surface area contributed by atoms with Crippen molar-refractivity contribution in [3.05, 3.63) is 71.3 Å². The molecule has 19 heteroatoms. The first-order valence-electron chi connectivity index (χ1n) is 14.5. The lowest BCUT2D eigenvalue weighted by molar-refractivity contribution is -0.144. The fraction of sp³-hybridized carbons (Fsp3) is 0.267. The summed E-state index contributed by atoms with van der Waals surface area (Å²) >= 11 is 0. The molecular formula is C30H32BFN8O9. The summed E-state index contributed by atoms with van der Waals surface area (Å²) in [6.45, 7) is -0.114. The van der Waals surface area contributed by atoms with Gasteiger partial charge in [-0.2, -0.15) is 9.97 Å². The minimum Gasteiger partial charge on any atom is -0.469 e. The number of fused-ring (bicyclic) bond motifs is 1. The monoisotopic (exact) mass is 678 g/mol. The Morgan fingerprint density at radius 2 is 1.78 bits per heavy atom. The number of nitrogens with two attached hydrogens (primary N) is 1. The van der Waals surface area contributed by atoms with Crippen LogP contribution in [0, 0.1) is 5.82 Å². The van der Waals surface area contributed by atoms with E-state index in [0.29, 0.717) is 11.4 Å². The van der Waals surface area contributed by atoms with Crippen molar-refractivity contribution in [2.45, 2.75) is 32.0 Å². The number of nitrogens with zero attached hydrogens (tertiary/aromatic N) is 5. The number of anilines is 3. The number of nitrogen functional groups attached to an aromatic ring is 1. The molecule has 4 rings (SSSR count). The van der Waals surface area contributed by atoms with Crippen molar-refractivity contribution in [3.63, 3.8) is 0 Å². The van der Waals surface area contributed by atoms with Crippen LogP contribution >= 0.6 is 0 Å². The smallest absolute Gasteiger partial charge is 0.469 e. The van der Waals surface area contributed by atoms with Gasteiger partial charge < -0.3 is 40.2 Å². The van der Waals surface area contributed by atoms with Crippen molar-refractivity contribution in [3.8, 4) is 0 Å². The van der Waals surface area contributed by atoms with Gasteiger partial charge >= 0.3 is 25.2 Å². The Morgan fingerprint density at radius 3 is 2.43 bits per heavy atom. The highest BCUT2D eigenvalue weighted by atomic mass is 19.1. The average Bonchev–Trinajstić information content (AvgIpc) is 3.08. The number of ether oxygens (including phenoxy) is 3. The molecule has 49 heavy (non-hydrogen) atoms. The molecule has 2 amide bonds. The molecule has 6 N–H and O–H groups in total. The van der Waals surface area contributed by atoms with Crippen LogP contribution < -0.4 is 26.7 Å². The fourth-order valence-corrected chi connectivity index (χ4v) is 4.47. The average molecular weight is 678 g/mol. The van der Waals surface area contributed by atoms with E-state index in [9.17, 15) is 23.6 Å². The quantitative estimate of drug-likeness (QED) is 0.0732. The highest BCUT2D eigenvalue weighted by molar-refractivity contribution is 6.58. The Bertz CT molecular complexity index is 1850. The van der Waals surface area contributed by atoms with Crippen molar-refractivity contribution in [2.24, 2.45) is 0 Å². The predicted molar refractivity (Wildman–Crippen MR) is 173 cm³/mol. The van der Waals surface area contributed by atoms with E-state index in [1.54, 1.807) is 31.3 Å². The molecule has 0 spiro atoms. The molecule has 0 aliphatic heterocycles. The third-order valence-electron chi connectivity index (χ3n) is 7.03. The standard InChI is InChI=1S/C30H32BFN8O9/c1-40(19-7-5-17(6-8-19)27(42)36-22(28(43)48-3)10-11-23(41)47-2)14-18-13-34-25-24(35-18)26(38-29(33)37-25)39-30(44)49-15-16-4-9-20(31(45)46)21(32)12-16/h4-9,12-13,22,45-46H,10-11,14-15H2,1-3H3,(H,36,42)(H3,33,34,37,38,39,44). The summed E-state index contributed by atoms with van der Waals surface area (Å²) in [7, 11) is 2.19. The van der Waals surface area contributed by atoms with E-state index in [2.05, 4.69) is 35.3 Å². The SMILES string of the molecule is COC(=O)CCC(NC(=O)c1ccc(N(C)Cc2cnc3nc(N)nc(NC(=O)OCc4ccc(B(O)O)c(F)c4)c3n2)cc1)C(=O)OC. The molecule has 0 fully saturated rings. The summed E-state index contributed by atoms with van der Waals surface area (Å²) in [6.07, 6.45) is 0.428. The van der Waals surface area contributed by atoms with E-state index in [0.717, 1.165) is 12.1 Å². The van der Waals surface area contributed by atoms with Gasteiger partial charge in [0.15, 0.2) is 17.0 Å². The number of amides is 2. The third kappa shape index (κ3) is 9.55. The van der Waals surface area contributed by atoms with Crippen LogP contribution in [0.15, 0.2) is 48.7 Å². The number of methoxy groups -OCH3 is 2. The normalized spacial score (nSPS) is 11.3. The molecule has 256 valence electrons. The lowest BCUT2D eigenvalue weighted by atomic mass is 9.79. The van der Waals surface area contributed by atoms with Gasteiger partial charge in [0.2, 0.25) is 5.95 Å². The van der Waals surface area contributed by atoms with Gasteiger partial charge in [0.1, 0.15) is 18.5 Å². The maximum atomic E-state index is 14.0. The van der Waals surface area contributed by atoms with Gasteiger partial charge in [0, 0.05) is 30.2 Å². The predicted octanol–water partition coefficient (Wildman–Crippen LogP) is 0.431. The molecular weight excluding hydrogens is 646 g/mol. The number of hydrogen-bond acceptors (Lipinski definition) is 15. The summed E-state index contributed by atoms with van der Waals surface area (Å²) in [4.78, 5) is 67.7. The number of esters is 2. The molecule has 17 nitrogen and oxygen atoms in total. The van der Waals surface area contributed by atoms with Crippen LogP contribution in [0.1, 0.15) is 34.5 Å². The highest BCUT2D eigenvalue weighted by Gasteiger charge is 2.24. The molecule has 0 bridgehead atoms. The second kappa shape index (κ2) is 16.2. The number of rotatable bonds is 13. The summed E-state index contributed by atoms with van der Waals surface area (Å²) < 4.78 is 28.5. The Hall–Kier alpha value is -5.95. The number of carbonyl (C=O) groups excluding carboxylic acids is 4. The number of nitrogens with one attached hydrogen (secondary N) is 2. The van der Waals surface area contributed by atoms with Crippen LogP contribution in [0.5, 0.6) is 0 Å². The molecule has 2 heterocycles. The van der Waals surface area contributed by atoms with Crippen LogP contribution in [-0.2, 0) is 37.0 Å². The molecule has 0 saturated carbocycles. The Kier molecular flexibility index (Phi) is 11.9. The van der Waals surface area contributed by atoms with Gasteiger partial charge in [-0.25, -0.2) is 23.9 Å². The highest BCUT2D eigenvalue weighted by Crippen LogP contribution is 2.21. The molecule has 0 aliphatic carbocycles.